The van der Waals surface area contributed by atoms with Gasteiger partial charge in [-0.1, -0.05) is 18.2 Å². The number of rotatable bonds is 3. The highest BCUT2D eigenvalue weighted by Crippen LogP contribution is 2.54. The molecule has 19 heavy (non-hydrogen) atoms. The number of carbonyl (C=O) groups excluding carboxylic acids is 1. The standard InChI is InChI=1S/C17H17NO/c19-17(14-8-12-7-13(12)9-14)10-11-5-6-18-16-4-2-1-3-15(11)16/h1-6,12-14H,7-10H2. The predicted molar refractivity (Wildman–Crippen MR) is 74.8 cm³/mol. The first kappa shape index (κ1) is 11.2. The number of aromatic nitrogens is 1. The average Bonchev–Trinajstić information content (AvgIpc) is 3.05. The molecule has 0 bridgehead atoms. The van der Waals surface area contributed by atoms with Gasteiger partial charge in [0.25, 0.3) is 0 Å². The predicted octanol–water partition coefficient (Wildman–Crippen LogP) is 3.39. The maximum Gasteiger partial charge on any atom is 0.140 e. The molecule has 2 aliphatic rings. The number of hydrogen-bond acceptors (Lipinski definition) is 2. The molecule has 2 aliphatic carbocycles. The van der Waals surface area contributed by atoms with Crippen molar-refractivity contribution in [3.8, 4) is 0 Å². The third kappa shape index (κ3) is 1.95. The van der Waals surface area contributed by atoms with Crippen LogP contribution in [0.1, 0.15) is 24.8 Å². The van der Waals surface area contributed by atoms with Crippen LogP contribution in [0.15, 0.2) is 36.5 Å². The minimum absolute atomic E-state index is 0.329. The van der Waals surface area contributed by atoms with Crippen LogP contribution in [-0.4, -0.2) is 10.8 Å². The fourth-order valence-electron chi connectivity index (χ4n) is 3.62. The van der Waals surface area contributed by atoms with Crippen molar-refractivity contribution in [2.45, 2.75) is 25.7 Å². The summed E-state index contributed by atoms with van der Waals surface area (Å²) < 4.78 is 0. The fraction of sp³-hybridized carbons (Fsp3) is 0.412. The van der Waals surface area contributed by atoms with E-state index in [9.17, 15) is 4.79 Å². The lowest BCUT2D eigenvalue weighted by molar-refractivity contribution is -0.122. The molecule has 0 N–H and O–H groups in total. The van der Waals surface area contributed by atoms with Gasteiger partial charge in [-0.05, 0) is 48.8 Å². The van der Waals surface area contributed by atoms with Crippen molar-refractivity contribution in [3.63, 3.8) is 0 Å². The van der Waals surface area contributed by atoms with Gasteiger partial charge in [0.15, 0.2) is 0 Å². The molecule has 0 saturated heterocycles. The number of ketones is 1. The summed E-state index contributed by atoms with van der Waals surface area (Å²) in [5.74, 6) is 2.52. The van der Waals surface area contributed by atoms with Crippen LogP contribution >= 0.6 is 0 Å². The first-order chi connectivity index (χ1) is 9.31. The van der Waals surface area contributed by atoms with Crippen molar-refractivity contribution in [2.24, 2.45) is 17.8 Å². The minimum Gasteiger partial charge on any atom is -0.299 e. The average molecular weight is 251 g/mol. The van der Waals surface area contributed by atoms with Gasteiger partial charge >= 0.3 is 0 Å². The van der Waals surface area contributed by atoms with Crippen LogP contribution in [0.5, 0.6) is 0 Å². The number of carbonyl (C=O) groups is 1. The van der Waals surface area contributed by atoms with E-state index in [0.29, 0.717) is 18.1 Å². The molecule has 2 nitrogen and oxygen atoms in total. The molecule has 2 unspecified atom stereocenters. The largest absolute Gasteiger partial charge is 0.299 e. The SMILES string of the molecule is O=C(Cc1ccnc2ccccc12)C1CC2CC2C1. The topological polar surface area (TPSA) is 30.0 Å². The van der Waals surface area contributed by atoms with Crippen LogP contribution in [-0.2, 0) is 11.2 Å². The fourth-order valence-corrected chi connectivity index (χ4v) is 3.62. The van der Waals surface area contributed by atoms with Gasteiger partial charge in [-0.15, -0.1) is 0 Å². The van der Waals surface area contributed by atoms with Crippen LogP contribution in [0.2, 0.25) is 0 Å². The quantitative estimate of drug-likeness (QED) is 0.837. The second-order valence-corrected chi connectivity index (χ2v) is 6.05. The molecule has 2 fully saturated rings. The van der Waals surface area contributed by atoms with Gasteiger partial charge in [0.2, 0.25) is 0 Å². The van der Waals surface area contributed by atoms with E-state index in [0.717, 1.165) is 41.1 Å². The number of benzene rings is 1. The first-order valence-corrected chi connectivity index (χ1v) is 7.16. The monoisotopic (exact) mass is 251 g/mol. The molecule has 0 amide bonds. The Morgan fingerprint density at radius 2 is 1.89 bits per heavy atom. The number of para-hydroxylation sites is 1. The van der Waals surface area contributed by atoms with Crippen LogP contribution in [0, 0.1) is 17.8 Å². The zero-order valence-corrected chi connectivity index (χ0v) is 10.9. The Morgan fingerprint density at radius 3 is 2.74 bits per heavy atom. The van der Waals surface area contributed by atoms with Gasteiger partial charge in [0, 0.05) is 23.9 Å². The van der Waals surface area contributed by atoms with Gasteiger partial charge in [0.1, 0.15) is 5.78 Å². The number of hydrogen-bond donors (Lipinski definition) is 0. The highest BCUT2D eigenvalue weighted by Gasteiger charge is 2.47. The maximum atomic E-state index is 12.4. The summed E-state index contributed by atoms with van der Waals surface area (Å²) in [4.78, 5) is 16.8. The van der Waals surface area contributed by atoms with Gasteiger partial charge in [0.05, 0.1) is 5.52 Å². The number of nitrogens with zero attached hydrogens (tertiary/aromatic N) is 1. The highest BCUT2D eigenvalue weighted by atomic mass is 16.1. The summed E-state index contributed by atoms with van der Waals surface area (Å²) in [5, 5.41) is 1.13. The third-order valence-corrected chi connectivity index (χ3v) is 4.80. The lowest BCUT2D eigenvalue weighted by Gasteiger charge is -2.11. The summed E-state index contributed by atoms with van der Waals surface area (Å²) >= 11 is 0. The maximum absolute atomic E-state index is 12.4. The third-order valence-electron chi connectivity index (χ3n) is 4.80. The molecule has 0 radical (unpaired) electrons. The number of fused-ring (bicyclic) bond motifs is 2. The van der Waals surface area contributed by atoms with E-state index in [4.69, 9.17) is 0 Å². The Balaban J connectivity index is 1.59. The van der Waals surface area contributed by atoms with Crippen molar-refractivity contribution in [1.29, 1.82) is 0 Å². The molecule has 2 saturated carbocycles. The Labute approximate surface area is 112 Å². The van der Waals surface area contributed by atoms with Gasteiger partial charge < -0.3 is 0 Å². The van der Waals surface area contributed by atoms with E-state index >= 15 is 0 Å². The number of pyridine rings is 1. The molecule has 4 rings (SSSR count). The molecular weight excluding hydrogens is 234 g/mol. The molecule has 0 aliphatic heterocycles. The van der Waals surface area contributed by atoms with E-state index in [2.05, 4.69) is 11.1 Å². The summed E-state index contributed by atoms with van der Waals surface area (Å²) in [6.45, 7) is 0. The lowest BCUT2D eigenvalue weighted by atomic mass is 9.92. The van der Waals surface area contributed by atoms with Gasteiger partial charge in [-0.3, -0.25) is 9.78 Å². The Hall–Kier alpha value is -1.70. The summed E-state index contributed by atoms with van der Waals surface area (Å²) in [6.07, 6.45) is 6.06. The van der Waals surface area contributed by atoms with E-state index in [1.165, 1.54) is 6.42 Å². The van der Waals surface area contributed by atoms with E-state index in [1.54, 1.807) is 0 Å². The van der Waals surface area contributed by atoms with Crippen molar-refractivity contribution in [3.05, 3.63) is 42.1 Å². The summed E-state index contributed by atoms with van der Waals surface area (Å²) in [5.41, 5.74) is 2.12. The Bertz CT molecular complexity index is 633. The van der Waals surface area contributed by atoms with Gasteiger partial charge in [-0.2, -0.15) is 0 Å². The smallest absolute Gasteiger partial charge is 0.140 e. The zero-order valence-electron chi connectivity index (χ0n) is 10.9. The van der Waals surface area contributed by atoms with Crippen molar-refractivity contribution in [2.75, 3.05) is 0 Å². The second kappa shape index (κ2) is 4.16. The first-order valence-electron chi connectivity index (χ1n) is 7.16. The lowest BCUT2D eigenvalue weighted by Crippen LogP contribution is -2.15. The van der Waals surface area contributed by atoms with Crippen molar-refractivity contribution < 1.29 is 4.79 Å². The molecule has 96 valence electrons. The molecule has 2 aromatic rings. The Kier molecular flexibility index (Phi) is 2.44. The number of Topliss-reactive ketones (excluding diaryl/α,β-unsaturated/α-hetero) is 1. The summed E-state index contributed by atoms with van der Waals surface area (Å²) in [7, 11) is 0. The van der Waals surface area contributed by atoms with Crippen molar-refractivity contribution >= 4 is 16.7 Å². The minimum atomic E-state index is 0.329. The molecule has 0 spiro atoms. The normalized spacial score (nSPS) is 28.3. The second-order valence-electron chi connectivity index (χ2n) is 6.05. The summed E-state index contributed by atoms with van der Waals surface area (Å²) in [6, 6.07) is 10.1. The van der Waals surface area contributed by atoms with Crippen LogP contribution in [0.4, 0.5) is 0 Å². The van der Waals surface area contributed by atoms with E-state index in [1.807, 2.05) is 30.5 Å². The molecule has 1 heterocycles. The highest BCUT2D eigenvalue weighted by molar-refractivity contribution is 5.90. The molecule has 2 heteroatoms. The molecule has 2 atom stereocenters. The molecule has 1 aromatic carbocycles. The van der Waals surface area contributed by atoms with Crippen LogP contribution in [0.25, 0.3) is 10.9 Å². The van der Waals surface area contributed by atoms with E-state index < -0.39 is 0 Å². The van der Waals surface area contributed by atoms with Crippen LogP contribution in [0.3, 0.4) is 0 Å². The van der Waals surface area contributed by atoms with Crippen LogP contribution < -0.4 is 0 Å². The van der Waals surface area contributed by atoms with Crippen molar-refractivity contribution in [1.82, 2.24) is 4.98 Å². The molecular formula is C17H17NO. The Morgan fingerprint density at radius 1 is 1.11 bits per heavy atom. The van der Waals surface area contributed by atoms with E-state index in [-0.39, 0.29) is 0 Å². The molecule has 1 aromatic heterocycles. The van der Waals surface area contributed by atoms with Gasteiger partial charge in [-0.25, -0.2) is 0 Å². The zero-order chi connectivity index (χ0) is 12.8.